The average molecular weight is 404 g/mol. The van der Waals surface area contributed by atoms with E-state index in [1.165, 1.54) is 47.7 Å². The van der Waals surface area contributed by atoms with E-state index < -0.39 is 0 Å². The SMILES string of the molecule is I.c1ccc2c(c1)nc(N1CCCCCC1)c1ccccc12. The van der Waals surface area contributed by atoms with Crippen molar-refractivity contribution in [2.75, 3.05) is 18.0 Å². The third-order valence-electron chi connectivity index (χ3n) is 4.49. The predicted molar refractivity (Wildman–Crippen MR) is 105 cm³/mol. The first kappa shape index (κ1) is 15.5. The van der Waals surface area contributed by atoms with Crippen LogP contribution in [0.1, 0.15) is 25.7 Å². The van der Waals surface area contributed by atoms with E-state index in [4.69, 9.17) is 4.98 Å². The molecule has 4 rings (SSSR count). The molecule has 3 heteroatoms. The maximum Gasteiger partial charge on any atom is 0.137 e. The minimum Gasteiger partial charge on any atom is -0.356 e. The van der Waals surface area contributed by atoms with E-state index >= 15 is 0 Å². The molecule has 0 bridgehead atoms. The Kier molecular flexibility index (Phi) is 4.81. The Morgan fingerprint density at radius 2 is 1.27 bits per heavy atom. The summed E-state index contributed by atoms with van der Waals surface area (Å²) in [6.45, 7) is 2.27. The summed E-state index contributed by atoms with van der Waals surface area (Å²) >= 11 is 0. The molecule has 1 aliphatic rings. The van der Waals surface area contributed by atoms with Crippen LogP contribution in [0.4, 0.5) is 5.82 Å². The largest absolute Gasteiger partial charge is 0.356 e. The molecule has 2 heterocycles. The molecule has 0 spiro atoms. The second kappa shape index (κ2) is 6.82. The highest BCUT2D eigenvalue weighted by Crippen LogP contribution is 2.32. The van der Waals surface area contributed by atoms with Crippen LogP contribution in [0.15, 0.2) is 48.5 Å². The second-order valence-corrected chi connectivity index (χ2v) is 5.90. The van der Waals surface area contributed by atoms with Gasteiger partial charge in [0.05, 0.1) is 5.52 Å². The number of pyridine rings is 1. The normalized spacial score (nSPS) is 15.5. The van der Waals surface area contributed by atoms with E-state index in [-0.39, 0.29) is 24.0 Å². The van der Waals surface area contributed by atoms with Crippen molar-refractivity contribution in [1.29, 1.82) is 0 Å². The highest BCUT2D eigenvalue weighted by Gasteiger charge is 2.15. The van der Waals surface area contributed by atoms with Crippen LogP contribution < -0.4 is 4.90 Å². The Morgan fingerprint density at radius 1 is 0.682 bits per heavy atom. The zero-order chi connectivity index (χ0) is 14.1. The van der Waals surface area contributed by atoms with Gasteiger partial charge in [0.15, 0.2) is 0 Å². The lowest BCUT2D eigenvalue weighted by atomic mass is 10.1. The summed E-state index contributed by atoms with van der Waals surface area (Å²) < 4.78 is 0. The number of halogens is 1. The molecule has 0 saturated carbocycles. The van der Waals surface area contributed by atoms with Crippen molar-refractivity contribution in [3.8, 4) is 0 Å². The molecular weight excluding hydrogens is 383 g/mol. The van der Waals surface area contributed by atoms with Crippen molar-refractivity contribution in [2.24, 2.45) is 0 Å². The Balaban J connectivity index is 0.00000144. The molecule has 0 unspecified atom stereocenters. The van der Waals surface area contributed by atoms with Gasteiger partial charge >= 0.3 is 0 Å². The molecule has 0 N–H and O–H groups in total. The smallest absolute Gasteiger partial charge is 0.137 e. The number of fused-ring (bicyclic) bond motifs is 3. The van der Waals surface area contributed by atoms with Crippen molar-refractivity contribution in [3.63, 3.8) is 0 Å². The summed E-state index contributed by atoms with van der Waals surface area (Å²) in [4.78, 5) is 7.48. The van der Waals surface area contributed by atoms with E-state index in [0.717, 1.165) is 18.6 Å². The molecule has 2 aromatic carbocycles. The van der Waals surface area contributed by atoms with E-state index in [0.29, 0.717) is 0 Å². The topological polar surface area (TPSA) is 16.1 Å². The average Bonchev–Trinajstić information content (AvgIpc) is 2.83. The van der Waals surface area contributed by atoms with Gasteiger partial charge in [-0.1, -0.05) is 55.3 Å². The predicted octanol–water partition coefficient (Wildman–Crippen LogP) is 5.39. The van der Waals surface area contributed by atoms with Crippen LogP contribution in [0.5, 0.6) is 0 Å². The fourth-order valence-corrected chi connectivity index (χ4v) is 3.41. The molecule has 1 saturated heterocycles. The third kappa shape index (κ3) is 2.78. The zero-order valence-corrected chi connectivity index (χ0v) is 15.0. The number of benzene rings is 2. The number of aromatic nitrogens is 1. The number of hydrogen-bond donors (Lipinski definition) is 0. The number of anilines is 1. The monoisotopic (exact) mass is 404 g/mol. The highest BCUT2D eigenvalue weighted by molar-refractivity contribution is 14.0. The molecule has 0 atom stereocenters. The number of para-hydroxylation sites is 1. The van der Waals surface area contributed by atoms with Gasteiger partial charge < -0.3 is 4.90 Å². The summed E-state index contributed by atoms with van der Waals surface area (Å²) in [7, 11) is 0. The molecule has 0 amide bonds. The van der Waals surface area contributed by atoms with Crippen LogP contribution >= 0.6 is 24.0 Å². The van der Waals surface area contributed by atoms with Crippen LogP contribution in [-0.4, -0.2) is 18.1 Å². The second-order valence-electron chi connectivity index (χ2n) is 5.90. The molecule has 1 aromatic heterocycles. The molecule has 0 radical (unpaired) electrons. The van der Waals surface area contributed by atoms with E-state index in [9.17, 15) is 0 Å². The molecule has 0 aliphatic carbocycles. The molecule has 1 fully saturated rings. The zero-order valence-electron chi connectivity index (χ0n) is 12.7. The van der Waals surface area contributed by atoms with Crippen molar-refractivity contribution < 1.29 is 0 Å². The summed E-state index contributed by atoms with van der Waals surface area (Å²) in [5, 5.41) is 3.87. The van der Waals surface area contributed by atoms with Crippen molar-refractivity contribution in [1.82, 2.24) is 4.98 Å². The van der Waals surface area contributed by atoms with Crippen LogP contribution in [0, 0.1) is 0 Å². The molecule has 2 nitrogen and oxygen atoms in total. The summed E-state index contributed by atoms with van der Waals surface area (Å²) in [5.74, 6) is 1.17. The lowest BCUT2D eigenvalue weighted by Crippen LogP contribution is -2.25. The van der Waals surface area contributed by atoms with Crippen LogP contribution in [0.2, 0.25) is 0 Å². The van der Waals surface area contributed by atoms with E-state index in [1.54, 1.807) is 0 Å². The van der Waals surface area contributed by atoms with Gasteiger partial charge in [-0.15, -0.1) is 24.0 Å². The fraction of sp³-hybridized carbons (Fsp3) is 0.316. The quantitative estimate of drug-likeness (QED) is 0.400. The van der Waals surface area contributed by atoms with E-state index in [1.807, 2.05) is 0 Å². The van der Waals surface area contributed by atoms with Crippen molar-refractivity contribution in [3.05, 3.63) is 48.5 Å². The maximum absolute atomic E-state index is 4.99. The summed E-state index contributed by atoms with van der Waals surface area (Å²) in [6, 6.07) is 17.2. The number of rotatable bonds is 1. The van der Waals surface area contributed by atoms with Gasteiger partial charge in [0.25, 0.3) is 0 Å². The maximum atomic E-state index is 4.99. The van der Waals surface area contributed by atoms with Gasteiger partial charge in [-0.05, 0) is 24.3 Å². The standard InChI is InChI=1S/C19H20N2.HI/c1-2-8-14-21(13-7-1)19-17-11-4-3-9-15(17)16-10-5-6-12-18(16)20-19;/h3-6,9-12H,1-2,7-8,13-14H2;1H. The molecule has 1 aliphatic heterocycles. The first-order valence-corrected chi connectivity index (χ1v) is 7.96. The van der Waals surface area contributed by atoms with E-state index in [2.05, 4.69) is 53.4 Å². The van der Waals surface area contributed by atoms with Crippen molar-refractivity contribution in [2.45, 2.75) is 25.7 Å². The summed E-state index contributed by atoms with van der Waals surface area (Å²) in [5.41, 5.74) is 1.11. The van der Waals surface area contributed by atoms with Gasteiger partial charge in [-0.3, -0.25) is 0 Å². The van der Waals surface area contributed by atoms with Crippen LogP contribution in [-0.2, 0) is 0 Å². The van der Waals surface area contributed by atoms with Gasteiger partial charge in [-0.25, -0.2) is 4.98 Å². The molecule has 3 aromatic rings. The van der Waals surface area contributed by atoms with Crippen LogP contribution in [0.25, 0.3) is 21.7 Å². The molecule has 22 heavy (non-hydrogen) atoms. The van der Waals surface area contributed by atoms with Gasteiger partial charge in [0.1, 0.15) is 5.82 Å². The number of nitrogens with zero attached hydrogens (tertiary/aromatic N) is 2. The van der Waals surface area contributed by atoms with Gasteiger partial charge in [0.2, 0.25) is 0 Å². The lowest BCUT2D eigenvalue weighted by Gasteiger charge is -2.23. The van der Waals surface area contributed by atoms with Gasteiger partial charge in [-0.2, -0.15) is 0 Å². The molecular formula is C19H21IN2. The highest BCUT2D eigenvalue weighted by atomic mass is 127. The minimum atomic E-state index is 0. The Hall–Kier alpha value is -1.36. The van der Waals surface area contributed by atoms with Crippen LogP contribution in [0.3, 0.4) is 0 Å². The lowest BCUT2D eigenvalue weighted by molar-refractivity contribution is 0.726. The Labute approximate surface area is 148 Å². The first-order chi connectivity index (χ1) is 10.4. The minimum absolute atomic E-state index is 0. The van der Waals surface area contributed by atoms with Gasteiger partial charge in [0, 0.05) is 23.9 Å². The number of hydrogen-bond acceptors (Lipinski definition) is 2. The third-order valence-corrected chi connectivity index (χ3v) is 4.49. The first-order valence-electron chi connectivity index (χ1n) is 7.96. The Morgan fingerprint density at radius 3 is 2.00 bits per heavy atom. The summed E-state index contributed by atoms with van der Waals surface area (Å²) in [6.07, 6.45) is 5.26. The molecule has 114 valence electrons. The fourth-order valence-electron chi connectivity index (χ4n) is 3.41. The van der Waals surface area contributed by atoms with Crippen molar-refractivity contribution >= 4 is 51.5 Å². The Bertz CT molecular complexity index is 777.